The first-order chi connectivity index (χ1) is 10.1. The molecule has 1 atom stereocenters. The van der Waals surface area contributed by atoms with E-state index in [9.17, 15) is 9.59 Å². The largest absolute Gasteiger partial charge is 0.481 e. The molecule has 21 heavy (non-hydrogen) atoms. The van der Waals surface area contributed by atoms with Crippen LogP contribution in [0.5, 0.6) is 0 Å². The summed E-state index contributed by atoms with van der Waals surface area (Å²) in [6.45, 7) is 2.10. The summed E-state index contributed by atoms with van der Waals surface area (Å²) in [7, 11) is 0. The van der Waals surface area contributed by atoms with E-state index < -0.39 is 5.97 Å². The normalized spacial score (nSPS) is 17.5. The Bertz CT molecular complexity index is 478. The maximum Gasteiger partial charge on any atom is 0.315 e. The number of carbonyl (C=O) groups excluding carboxylic acids is 1. The van der Waals surface area contributed by atoms with Gasteiger partial charge in [-0.15, -0.1) is 0 Å². The number of urea groups is 1. The Morgan fingerprint density at radius 3 is 2.76 bits per heavy atom. The highest BCUT2D eigenvalue weighted by Crippen LogP contribution is 2.19. The van der Waals surface area contributed by atoms with E-state index in [1.807, 2.05) is 18.2 Å². The molecule has 1 aliphatic rings. The molecule has 1 aromatic rings. The number of carboxylic acid groups (broad SMARTS) is 1. The van der Waals surface area contributed by atoms with Gasteiger partial charge in [0.1, 0.15) is 0 Å². The first-order valence-electron chi connectivity index (χ1n) is 7.21. The summed E-state index contributed by atoms with van der Waals surface area (Å²) in [5, 5.41) is 14.1. The van der Waals surface area contributed by atoms with Crippen LogP contribution in [0.3, 0.4) is 0 Å². The number of amides is 2. The molecule has 6 heteroatoms. The summed E-state index contributed by atoms with van der Waals surface area (Å²) >= 11 is 0. The molecule has 2 rings (SSSR count). The average Bonchev–Trinajstić information content (AvgIpc) is 2.93. The summed E-state index contributed by atoms with van der Waals surface area (Å²) in [6.07, 6.45) is 1.44. The van der Waals surface area contributed by atoms with Crippen molar-refractivity contribution in [1.82, 2.24) is 10.6 Å². The van der Waals surface area contributed by atoms with Crippen molar-refractivity contribution in [3.63, 3.8) is 0 Å². The number of hydrogen-bond acceptors (Lipinski definition) is 3. The fraction of sp³-hybridized carbons (Fsp3) is 0.467. The van der Waals surface area contributed by atoms with Gasteiger partial charge in [-0.1, -0.05) is 18.2 Å². The Hall–Kier alpha value is -2.24. The lowest BCUT2D eigenvalue weighted by atomic mass is 10.2. The zero-order valence-electron chi connectivity index (χ0n) is 11.9. The lowest BCUT2D eigenvalue weighted by Gasteiger charge is -2.19. The van der Waals surface area contributed by atoms with E-state index in [4.69, 9.17) is 5.11 Å². The molecule has 1 aromatic carbocycles. The molecule has 114 valence electrons. The molecule has 0 saturated carbocycles. The van der Waals surface area contributed by atoms with E-state index in [2.05, 4.69) is 27.7 Å². The fourth-order valence-corrected chi connectivity index (χ4v) is 2.43. The Morgan fingerprint density at radius 1 is 1.29 bits per heavy atom. The third kappa shape index (κ3) is 4.98. The van der Waals surface area contributed by atoms with Crippen LogP contribution in [-0.4, -0.2) is 42.8 Å². The van der Waals surface area contributed by atoms with Crippen molar-refractivity contribution >= 4 is 17.7 Å². The molecule has 1 heterocycles. The Labute approximate surface area is 124 Å². The van der Waals surface area contributed by atoms with Crippen molar-refractivity contribution < 1.29 is 14.7 Å². The number of benzene rings is 1. The van der Waals surface area contributed by atoms with Gasteiger partial charge in [0.25, 0.3) is 0 Å². The van der Waals surface area contributed by atoms with Gasteiger partial charge in [0, 0.05) is 37.8 Å². The van der Waals surface area contributed by atoms with Gasteiger partial charge in [-0.25, -0.2) is 4.79 Å². The lowest BCUT2D eigenvalue weighted by molar-refractivity contribution is -0.137. The van der Waals surface area contributed by atoms with Crippen LogP contribution in [0, 0.1) is 0 Å². The molecule has 1 aliphatic heterocycles. The highest BCUT2D eigenvalue weighted by molar-refractivity contribution is 5.74. The van der Waals surface area contributed by atoms with Gasteiger partial charge in [0.15, 0.2) is 0 Å². The second-order valence-corrected chi connectivity index (χ2v) is 5.16. The van der Waals surface area contributed by atoms with E-state index >= 15 is 0 Å². The van der Waals surface area contributed by atoms with Crippen molar-refractivity contribution in [3.8, 4) is 0 Å². The van der Waals surface area contributed by atoms with Gasteiger partial charge in [0.2, 0.25) is 0 Å². The molecule has 0 spiro atoms. The second kappa shape index (κ2) is 7.52. The maximum absolute atomic E-state index is 11.7. The number of rotatable bonds is 6. The Morgan fingerprint density at radius 2 is 2.05 bits per heavy atom. The molecule has 1 saturated heterocycles. The van der Waals surface area contributed by atoms with Crippen LogP contribution in [0.25, 0.3) is 0 Å². The van der Waals surface area contributed by atoms with Gasteiger partial charge >= 0.3 is 12.0 Å². The van der Waals surface area contributed by atoms with Crippen molar-refractivity contribution in [3.05, 3.63) is 30.3 Å². The summed E-state index contributed by atoms with van der Waals surface area (Å²) in [6, 6.07) is 10.0. The summed E-state index contributed by atoms with van der Waals surface area (Å²) in [5.74, 6) is -0.841. The van der Waals surface area contributed by atoms with Crippen molar-refractivity contribution in [2.45, 2.75) is 25.3 Å². The number of para-hydroxylation sites is 1. The Balaban J connectivity index is 1.68. The first-order valence-corrected chi connectivity index (χ1v) is 7.21. The predicted molar refractivity (Wildman–Crippen MR) is 80.5 cm³/mol. The quantitative estimate of drug-likeness (QED) is 0.693. The van der Waals surface area contributed by atoms with Gasteiger partial charge < -0.3 is 20.6 Å². The van der Waals surface area contributed by atoms with Crippen LogP contribution >= 0.6 is 0 Å². The summed E-state index contributed by atoms with van der Waals surface area (Å²) < 4.78 is 0. The smallest absolute Gasteiger partial charge is 0.315 e. The molecule has 2 amide bonds. The van der Waals surface area contributed by atoms with Crippen molar-refractivity contribution in [2.75, 3.05) is 24.5 Å². The number of anilines is 1. The van der Waals surface area contributed by atoms with Gasteiger partial charge in [-0.3, -0.25) is 4.79 Å². The van der Waals surface area contributed by atoms with E-state index in [0.29, 0.717) is 13.0 Å². The van der Waals surface area contributed by atoms with Gasteiger partial charge in [-0.2, -0.15) is 0 Å². The molecule has 6 nitrogen and oxygen atoms in total. The minimum absolute atomic E-state index is 0.0749. The van der Waals surface area contributed by atoms with Crippen LogP contribution in [-0.2, 0) is 4.79 Å². The third-order valence-electron chi connectivity index (χ3n) is 3.50. The van der Waals surface area contributed by atoms with Crippen LogP contribution < -0.4 is 15.5 Å². The van der Waals surface area contributed by atoms with Crippen molar-refractivity contribution in [2.24, 2.45) is 0 Å². The first kappa shape index (κ1) is 15.2. The maximum atomic E-state index is 11.7. The lowest BCUT2D eigenvalue weighted by Crippen LogP contribution is -2.43. The SMILES string of the molecule is O=C(O)CCCNC(=O)NC1CCN(c2ccccc2)C1. The van der Waals surface area contributed by atoms with E-state index in [1.165, 1.54) is 5.69 Å². The zero-order valence-corrected chi connectivity index (χ0v) is 11.9. The molecule has 1 unspecified atom stereocenters. The molecule has 0 radical (unpaired) electrons. The van der Waals surface area contributed by atoms with E-state index in [1.54, 1.807) is 0 Å². The number of hydrogen-bond donors (Lipinski definition) is 3. The molecule has 0 aliphatic carbocycles. The molecule has 0 bridgehead atoms. The molecular weight excluding hydrogens is 270 g/mol. The molecule has 1 fully saturated rings. The number of carbonyl (C=O) groups is 2. The Kier molecular flexibility index (Phi) is 5.43. The zero-order chi connectivity index (χ0) is 15.1. The number of nitrogens with one attached hydrogen (secondary N) is 2. The van der Waals surface area contributed by atoms with E-state index in [0.717, 1.165) is 19.5 Å². The number of aliphatic carboxylic acids is 1. The van der Waals surface area contributed by atoms with Gasteiger partial charge in [0.05, 0.1) is 0 Å². The van der Waals surface area contributed by atoms with Gasteiger partial charge in [-0.05, 0) is 25.0 Å². The van der Waals surface area contributed by atoms with Crippen LogP contribution in [0.4, 0.5) is 10.5 Å². The van der Waals surface area contributed by atoms with E-state index in [-0.39, 0.29) is 18.5 Å². The van der Waals surface area contributed by atoms with Crippen LogP contribution in [0.15, 0.2) is 30.3 Å². The topological polar surface area (TPSA) is 81.7 Å². The van der Waals surface area contributed by atoms with Crippen molar-refractivity contribution in [1.29, 1.82) is 0 Å². The van der Waals surface area contributed by atoms with Crippen LogP contribution in [0.1, 0.15) is 19.3 Å². The minimum atomic E-state index is -0.841. The molecule has 3 N–H and O–H groups in total. The second-order valence-electron chi connectivity index (χ2n) is 5.16. The standard InChI is InChI=1S/C15H21N3O3/c19-14(20)7-4-9-16-15(21)17-12-8-10-18(11-12)13-5-2-1-3-6-13/h1-3,5-6,12H,4,7-11H2,(H,19,20)(H2,16,17,21). The summed E-state index contributed by atoms with van der Waals surface area (Å²) in [4.78, 5) is 24.3. The predicted octanol–water partition coefficient (Wildman–Crippen LogP) is 1.43. The average molecular weight is 291 g/mol. The summed E-state index contributed by atoms with van der Waals surface area (Å²) in [5.41, 5.74) is 1.17. The van der Waals surface area contributed by atoms with Crippen LogP contribution in [0.2, 0.25) is 0 Å². The monoisotopic (exact) mass is 291 g/mol. The third-order valence-corrected chi connectivity index (χ3v) is 3.50. The number of carboxylic acids is 1. The fourth-order valence-electron chi connectivity index (χ4n) is 2.43. The highest BCUT2D eigenvalue weighted by atomic mass is 16.4. The number of nitrogens with zero attached hydrogens (tertiary/aromatic N) is 1. The molecular formula is C15H21N3O3. The minimum Gasteiger partial charge on any atom is -0.481 e. The highest BCUT2D eigenvalue weighted by Gasteiger charge is 2.23. The molecule has 0 aromatic heterocycles.